The summed E-state index contributed by atoms with van der Waals surface area (Å²) in [6.45, 7) is 1.38. The lowest BCUT2D eigenvalue weighted by atomic mass is 10.4. The molecule has 0 aromatic carbocycles. The summed E-state index contributed by atoms with van der Waals surface area (Å²) in [7, 11) is 0. The van der Waals surface area contributed by atoms with Crippen molar-refractivity contribution in [2.24, 2.45) is 4.99 Å². The number of aliphatic imine (C=N–C) groups is 1. The number of thiazole rings is 1. The molecular formula is C11H10N4O2S. The van der Waals surface area contributed by atoms with Crippen LogP contribution in [0.15, 0.2) is 29.5 Å². The topological polar surface area (TPSA) is 87.5 Å². The average Bonchev–Trinajstić information content (AvgIpc) is 2.67. The molecule has 18 heavy (non-hydrogen) atoms. The van der Waals surface area contributed by atoms with E-state index >= 15 is 0 Å². The van der Waals surface area contributed by atoms with Crippen molar-refractivity contribution >= 4 is 34.3 Å². The number of nitrogens with one attached hydrogen (secondary N) is 1. The Labute approximate surface area is 107 Å². The first kappa shape index (κ1) is 12.2. The molecule has 0 fully saturated rings. The molecule has 0 unspecified atom stereocenters. The van der Waals surface area contributed by atoms with E-state index in [4.69, 9.17) is 0 Å². The Bertz CT molecular complexity index is 580. The second kappa shape index (κ2) is 5.37. The van der Waals surface area contributed by atoms with Gasteiger partial charge in [0.2, 0.25) is 11.8 Å². The maximum Gasteiger partial charge on any atom is 0.233 e. The minimum atomic E-state index is -0.237. The minimum absolute atomic E-state index is 0.156. The molecule has 0 aliphatic carbocycles. The van der Waals surface area contributed by atoms with Gasteiger partial charge in [-0.15, -0.1) is 0 Å². The van der Waals surface area contributed by atoms with E-state index in [2.05, 4.69) is 20.3 Å². The molecule has 0 bridgehead atoms. The highest BCUT2D eigenvalue weighted by atomic mass is 32.1. The van der Waals surface area contributed by atoms with Gasteiger partial charge in [-0.25, -0.2) is 0 Å². The van der Waals surface area contributed by atoms with Crippen LogP contribution in [0.3, 0.4) is 0 Å². The summed E-state index contributed by atoms with van der Waals surface area (Å²) in [6, 6.07) is 3.55. The third kappa shape index (κ3) is 3.11. The fourth-order valence-electron chi connectivity index (χ4n) is 1.18. The molecule has 92 valence electrons. The lowest BCUT2D eigenvalue weighted by Gasteiger charge is -1.91. The van der Waals surface area contributed by atoms with Crippen molar-refractivity contribution in [3.8, 4) is 5.88 Å². The molecule has 0 spiro atoms. The third-order valence-corrected chi connectivity index (χ3v) is 2.79. The molecule has 2 N–H and O–H groups in total. The van der Waals surface area contributed by atoms with Crippen molar-refractivity contribution < 1.29 is 9.90 Å². The maximum absolute atomic E-state index is 10.8. The van der Waals surface area contributed by atoms with Crippen LogP contribution in [0.2, 0.25) is 0 Å². The normalized spacial score (nSPS) is 10.7. The number of carbonyl (C=O) groups excluding carboxylic acids is 1. The Balaban J connectivity index is 2.17. The van der Waals surface area contributed by atoms with E-state index in [-0.39, 0.29) is 11.8 Å². The highest BCUT2D eigenvalue weighted by molar-refractivity contribution is 7.17. The lowest BCUT2D eigenvalue weighted by molar-refractivity contribution is -0.114. The molecule has 2 aromatic rings. The highest BCUT2D eigenvalue weighted by Crippen LogP contribution is 2.26. The van der Waals surface area contributed by atoms with E-state index in [1.165, 1.54) is 13.1 Å². The number of hydrogen-bond acceptors (Lipinski definition) is 6. The zero-order valence-corrected chi connectivity index (χ0v) is 10.3. The summed E-state index contributed by atoms with van der Waals surface area (Å²) in [6.07, 6.45) is 4.73. The minimum Gasteiger partial charge on any atom is -0.492 e. The molecule has 0 saturated heterocycles. The van der Waals surface area contributed by atoms with Crippen LogP contribution in [-0.2, 0) is 4.79 Å². The van der Waals surface area contributed by atoms with Crippen molar-refractivity contribution in [2.75, 3.05) is 5.32 Å². The van der Waals surface area contributed by atoms with Crippen LogP contribution >= 0.6 is 11.3 Å². The smallest absolute Gasteiger partial charge is 0.233 e. The molecule has 2 heterocycles. The monoisotopic (exact) mass is 262 g/mol. The zero-order chi connectivity index (χ0) is 13.0. The number of hydrogen-bond donors (Lipinski definition) is 2. The second-order valence-corrected chi connectivity index (χ2v) is 4.39. The molecule has 0 aliphatic rings. The van der Waals surface area contributed by atoms with Crippen molar-refractivity contribution in [1.29, 1.82) is 0 Å². The van der Waals surface area contributed by atoms with Crippen LogP contribution in [0.4, 0.5) is 10.8 Å². The van der Waals surface area contributed by atoms with Gasteiger partial charge in [-0.1, -0.05) is 11.3 Å². The van der Waals surface area contributed by atoms with Crippen LogP contribution in [0.1, 0.15) is 11.8 Å². The second-order valence-electron chi connectivity index (χ2n) is 3.36. The predicted molar refractivity (Wildman–Crippen MR) is 69.6 cm³/mol. The number of anilines is 1. The number of nitrogens with zero attached hydrogens (tertiary/aromatic N) is 3. The van der Waals surface area contributed by atoms with Crippen LogP contribution in [-0.4, -0.2) is 27.2 Å². The first-order valence-corrected chi connectivity index (χ1v) is 5.88. The molecule has 0 aliphatic heterocycles. The fourth-order valence-corrected chi connectivity index (χ4v) is 1.95. The molecule has 0 atom stereocenters. The number of rotatable bonds is 3. The third-order valence-electron chi connectivity index (χ3n) is 1.89. The number of aromatic nitrogens is 2. The Hall–Kier alpha value is -2.28. The SMILES string of the molecule is CC(=O)Nc1nc(O)c(C=Nc2cccnc2)s1. The Morgan fingerprint density at radius 3 is 3.11 bits per heavy atom. The first-order valence-electron chi connectivity index (χ1n) is 5.06. The zero-order valence-electron chi connectivity index (χ0n) is 9.49. The van der Waals surface area contributed by atoms with Gasteiger partial charge in [0.1, 0.15) is 4.88 Å². The average molecular weight is 262 g/mol. The van der Waals surface area contributed by atoms with E-state index in [0.717, 1.165) is 11.3 Å². The Kier molecular flexibility index (Phi) is 3.63. The quantitative estimate of drug-likeness (QED) is 0.827. The Morgan fingerprint density at radius 1 is 1.61 bits per heavy atom. The van der Waals surface area contributed by atoms with Gasteiger partial charge in [0.15, 0.2) is 5.13 Å². The Morgan fingerprint density at radius 2 is 2.44 bits per heavy atom. The molecule has 0 radical (unpaired) electrons. The summed E-state index contributed by atoms with van der Waals surface area (Å²) in [5.74, 6) is -0.393. The standard InChI is InChI=1S/C11H10N4O2S/c1-7(16)14-11-15-10(17)9(18-11)6-13-8-3-2-4-12-5-8/h2-6,17H,1H3,(H,14,15,16). The van der Waals surface area contributed by atoms with Crippen LogP contribution in [0, 0.1) is 0 Å². The van der Waals surface area contributed by atoms with Crippen molar-refractivity contribution in [1.82, 2.24) is 9.97 Å². The van der Waals surface area contributed by atoms with E-state index in [9.17, 15) is 9.90 Å². The van der Waals surface area contributed by atoms with E-state index in [0.29, 0.717) is 15.7 Å². The maximum atomic E-state index is 10.8. The van der Waals surface area contributed by atoms with Gasteiger partial charge in [-0.2, -0.15) is 4.98 Å². The van der Waals surface area contributed by atoms with E-state index in [1.54, 1.807) is 24.5 Å². The summed E-state index contributed by atoms with van der Waals surface area (Å²) in [5.41, 5.74) is 0.673. The summed E-state index contributed by atoms with van der Waals surface area (Å²) in [4.78, 5) is 23.2. The van der Waals surface area contributed by atoms with Crippen molar-refractivity contribution in [3.05, 3.63) is 29.4 Å². The van der Waals surface area contributed by atoms with Gasteiger partial charge in [-0.3, -0.25) is 14.8 Å². The molecule has 7 heteroatoms. The fraction of sp³-hybridized carbons (Fsp3) is 0.0909. The van der Waals surface area contributed by atoms with Crippen LogP contribution in [0.25, 0.3) is 0 Å². The predicted octanol–water partition coefficient (Wildman–Crippen LogP) is 1.95. The van der Waals surface area contributed by atoms with Crippen molar-refractivity contribution in [2.45, 2.75) is 6.92 Å². The summed E-state index contributed by atoms with van der Waals surface area (Å²) in [5, 5.41) is 12.4. The summed E-state index contributed by atoms with van der Waals surface area (Å²) >= 11 is 1.14. The van der Waals surface area contributed by atoms with Crippen molar-refractivity contribution in [3.63, 3.8) is 0 Å². The molecule has 1 amide bonds. The lowest BCUT2D eigenvalue weighted by Crippen LogP contribution is -2.04. The van der Waals surface area contributed by atoms with Gasteiger partial charge in [0, 0.05) is 13.1 Å². The number of amides is 1. The molecule has 6 nitrogen and oxygen atoms in total. The van der Waals surface area contributed by atoms with Gasteiger partial charge >= 0.3 is 0 Å². The van der Waals surface area contributed by atoms with Crippen LogP contribution < -0.4 is 5.32 Å². The largest absolute Gasteiger partial charge is 0.492 e. The molecule has 2 rings (SSSR count). The van der Waals surface area contributed by atoms with E-state index in [1.807, 2.05) is 0 Å². The summed E-state index contributed by atoms with van der Waals surface area (Å²) < 4.78 is 0. The van der Waals surface area contributed by atoms with Gasteiger partial charge < -0.3 is 10.4 Å². The van der Waals surface area contributed by atoms with Gasteiger partial charge in [0.25, 0.3) is 0 Å². The first-order chi connectivity index (χ1) is 8.65. The van der Waals surface area contributed by atoms with E-state index < -0.39 is 0 Å². The number of carbonyl (C=O) groups is 1. The molecule has 2 aromatic heterocycles. The molecule has 0 saturated carbocycles. The highest BCUT2D eigenvalue weighted by Gasteiger charge is 2.08. The van der Waals surface area contributed by atoms with Gasteiger partial charge in [-0.05, 0) is 12.1 Å². The number of pyridine rings is 1. The number of aromatic hydroxyl groups is 1. The van der Waals surface area contributed by atoms with Gasteiger partial charge in [0.05, 0.1) is 18.1 Å². The van der Waals surface area contributed by atoms with Crippen LogP contribution in [0.5, 0.6) is 5.88 Å². The molecular weight excluding hydrogens is 252 g/mol.